The Hall–Kier alpha value is -0.460. The second-order valence-corrected chi connectivity index (χ2v) is 7.72. The largest absolute Gasteiger partial charge is 0.381 e. The highest BCUT2D eigenvalue weighted by molar-refractivity contribution is 8.00. The van der Waals surface area contributed by atoms with Gasteiger partial charge in [-0.15, -0.1) is 0 Å². The van der Waals surface area contributed by atoms with E-state index in [4.69, 9.17) is 14.5 Å². The molecule has 0 radical (unpaired) electrons. The van der Waals surface area contributed by atoms with Crippen LogP contribution in [-0.2, 0) is 9.47 Å². The van der Waals surface area contributed by atoms with E-state index in [-0.39, 0.29) is 4.75 Å². The number of rotatable bonds is 10. The molecule has 1 aliphatic rings. The third kappa shape index (κ3) is 8.82. The Morgan fingerprint density at radius 1 is 1.30 bits per heavy atom. The van der Waals surface area contributed by atoms with Crippen molar-refractivity contribution >= 4 is 17.7 Å². The predicted octanol–water partition coefficient (Wildman–Crippen LogP) is 2.52. The Labute approximate surface area is 146 Å². The van der Waals surface area contributed by atoms with Crippen LogP contribution in [0, 0.1) is 5.92 Å². The van der Waals surface area contributed by atoms with Crippen molar-refractivity contribution in [2.24, 2.45) is 10.9 Å². The summed E-state index contributed by atoms with van der Waals surface area (Å²) in [6.45, 7) is 12.4. The lowest BCUT2D eigenvalue weighted by atomic mass is 9.99. The van der Waals surface area contributed by atoms with Crippen LogP contribution in [0.4, 0.5) is 0 Å². The molecule has 6 heteroatoms. The molecule has 0 aliphatic carbocycles. The maximum atomic E-state index is 5.61. The molecule has 23 heavy (non-hydrogen) atoms. The first-order valence-corrected chi connectivity index (χ1v) is 10.1. The van der Waals surface area contributed by atoms with E-state index >= 15 is 0 Å². The van der Waals surface area contributed by atoms with Crippen LogP contribution < -0.4 is 10.6 Å². The van der Waals surface area contributed by atoms with Crippen LogP contribution in [0.15, 0.2) is 4.99 Å². The molecule has 0 aromatic heterocycles. The van der Waals surface area contributed by atoms with E-state index in [1.807, 2.05) is 11.8 Å². The molecule has 1 fully saturated rings. The highest BCUT2D eigenvalue weighted by Gasteiger charge is 2.31. The SMILES string of the molecule is CCNC(=NCC1(SC)CCOCC1)NCCCOCC(C)C. The maximum Gasteiger partial charge on any atom is 0.191 e. The maximum absolute atomic E-state index is 5.61. The molecule has 0 aromatic carbocycles. The van der Waals surface area contributed by atoms with E-state index < -0.39 is 0 Å². The smallest absolute Gasteiger partial charge is 0.191 e. The zero-order valence-corrected chi connectivity index (χ0v) is 16.1. The van der Waals surface area contributed by atoms with Crippen LogP contribution in [0.5, 0.6) is 0 Å². The van der Waals surface area contributed by atoms with Gasteiger partial charge >= 0.3 is 0 Å². The van der Waals surface area contributed by atoms with Crippen molar-refractivity contribution in [3.8, 4) is 0 Å². The third-order valence-electron chi connectivity index (χ3n) is 3.92. The number of guanidine groups is 1. The monoisotopic (exact) mass is 345 g/mol. The lowest BCUT2D eigenvalue weighted by Crippen LogP contribution is -2.41. The number of hydrogen-bond donors (Lipinski definition) is 2. The molecule has 2 N–H and O–H groups in total. The normalized spacial score (nSPS) is 18.2. The van der Waals surface area contributed by atoms with Gasteiger partial charge < -0.3 is 20.1 Å². The molecule has 1 heterocycles. The van der Waals surface area contributed by atoms with Crippen LogP contribution in [0.3, 0.4) is 0 Å². The summed E-state index contributed by atoms with van der Waals surface area (Å²) in [5, 5.41) is 6.74. The van der Waals surface area contributed by atoms with Gasteiger partial charge in [0.1, 0.15) is 0 Å². The Bertz CT molecular complexity index is 332. The highest BCUT2D eigenvalue weighted by atomic mass is 32.2. The Morgan fingerprint density at radius 3 is 2.65 bits per heavy atom. The van der Waals surface area contributed by atoms with Gasteiger partial charge in [-0.2, -0.15) is 11.8 Å². The van der Waals surface area contributed by atoms with Gasteiger partial charge in [0, 0.05) is 44.3 Å². The number of aliphatic imine (C=N–C) groups is 1. The number of ether oxygens (including phenoxy) is 2. The summed E-state index contributed by atoms with van der Waals surface area (Å²) in [6.07, 6.45) is 5.35. The van der Waals surface area contributed by atoms with E-state index in [9.17, 15) is 0 Å². The number of nitrogens with one attached hydrogen (secondary N) is 2. The van der Waals surface area contributed by atoms with Crippen molar-refractivity contribution in [3.05, 3.63) is 0 Å². The van der Waals surface area contributed by atoms with Gasteiger partial charge in [0.05, 0.1) is 6.54 Å². The fraction of sp³-hybridized carbons (Fsp3) is 0.941. The van der Waals surface area contributed by atoms with Crippen LogP contribution in [-0.4, -0.2) is 63.0 Å². The van der Waals surface area contributed by atoms with E-state index in [2.05, 4.69) is 37.7 Å². The summed E-state index contributed by atoms with van der Waals surface area (Å²) in [7, 11) is 0. The topological polar surface area (TPSA) is 54.9 Å². The molecule has 1 saturated heterocycles. The van der Waals surface area contributed by atoms with Gasteiger partial charge in [-0.3, -0.25) is 4.99 Å². The minimum atomic E-state index is 0.237. The number of hydrogen-bond acceptors (Lipinski definition) is 4. The van der Waals surface area contributed by atoms with Crippen LogP contribution in [0.25, 0.3) is 0 Å². The van der Waals surface area contributed by atoms with Crippen molar-refractivity contribution in [2.45, 2.75) is 44.8 Å². The van der Waals surface area contributed by atoms with Crippen LogP contribution in [0.1, 0.15) is 40.0 Å². The number of thioether (sulfide) groups is 1. The molecule has 0 atom stereocenters. The summed E-state index contributed by atoms with van der Waals surface area (Å²) in [4.78, 5) is 4.80. The van der Waals surface area contributed by atoms with E-state index in [0.717, 1.165) is 71.3 Å². The molecule has 1 rings (SSSR count). The Balaban J connectivity index is 2.34. The van der Waals surface area contributed by atoms with Gasteiger partial charge in [0.2, 0.25) is 0 Å². The number of nitrogens with zero attached hydrogens (tertiary/aromatic N) is 1. The van der Waals surface area contributed by atoms with E-state index in [1.165, 1.54) is 0 Å². The fourth-order valence-corrected chi connectivity index (χ4v) is 3.20. The summed E-state index contributed by atoms with van der Waals surface area (Å²) >= 11 is 1.93. The molecule has 136 valence electrons. The summed E-state index contributed by atoms with van der Waals surface area (Å²) < 4.78 is 11.3. The first-order valence-electron chi connectivity index (χ1n) is 8.84. The summed E-state index contributed by atoms with van der Waals surface area (Å²) in [5.41, 5.74) is 0. The van der Waals surface area contributed by atoms with Crippen molar-refractivity contribution in [3.63, 3.8) is 0 Å². The quantitative estimate of drug-likeness (QED) is 0.362. The van der Waals surface area contributed by atoms with Crippen LogP contribution in [0.2, 0.25) is 0 Å². The van der Waals surface area contributed by atoms with Gasteiger partial charge in [-0.25, -0.2) is 0 Å². The predicted molar refractivity (Wildman–Crippen MR) is 101 cm³/mol. The summed E-state index contributed by atoms with van der Waals surface area (Å²) in [5.74, 6) is 1.51. The minimum Gasteiger partial charge on any atom is -0.381 e. The van der Waals surface area contributed by atoms with Crippen molar-refractivity contribution < 1.29 is 9.47 Å². The van der Waals surface area contributed by atoms with Crippen molar-refractivity contribution in [1.82, 2.24) is 10.6 Å². The average molecular weight is 346 g/mol. The molecule has 0 amide bonds. The second-order valence-electron chi connectivity index (χ2n) is 6.44. The highest BCUT2D eigenvalue weighted by Crippen LogP contribution is 2.33. The molecular weight excluding hydrogens is 310 g/mol. The summed E-state index contributed by atoms with van der Waals surface area (Å²) in [6, 6.07) is 0. The van der Waals surface area contributed by atoms with E-state index in [1.54, 1.807) is 0 Å². The molecule has 0 aromatic rings. The Morgan fingerprint density at radius 2 is 2.04 bits per heavy atom. The second kappa shape index (κ2) is 12.0. The minimum absolute atomic E-state index is 0.237. The lowest BCUT2D eigenvalue weighted by Gasteiger charge is -2.34. The van der Waals surface area contributed by atoms with Crippen molar-refractivity contribution in [2.75, 3.05) is 52.3 Å². The molecule has 0 unspecified atom stereocenters. The molecule has 5 nitrogen and oxygen atoms in total. The lowest BCUT2D eigenvalue weighted by molar-refractivity contribution is 0.0794. The molecule has 0 bridgehead atoms. The van der Waals surface area contributed by atoms with Gasteiger partial charge in [-0.05, 0) is 38.4 Å². The zero-order chi connectivity index (χ0) is 17.0. The van der Waals surface area contributed by atoms with Crippen LogP contribution >= 0.6 is 11.8 Å². The van der Waals surface area contributed by atoms with Gasteiger partial charge in [-0.1, -0.05) is 13.8 Å². The van der Waals surface area contributed by atoms with Crippen molar-refractivity contribution in [1.29, 1.82) is 0 Å². The molecule has 0 saturated carbocycles. The molecule has 1 aliphatic heterocycles. The van der Waals surface area contributed by atoms with Gasteiger partial charge in [0.25, 0.3) is 0 Å². The first-order chi connectivity index (χ1) is 11.1. The first kappa shape index (κ1) is 20.6. The zero-order valence-electron chi connectivity index (χ0n) is 15.3. The molecular formula is C17H35N3O2S. The van der Waals surface area contributed by atoms with E-state index in [0.29, 0.717) is 5.92 Å². The molecule has 0 spiro atoms. The van der Waals surface area contributed by atoms with Gasteiger partial charge in [0.15, 0.2) is 5.96 Å². The standard InChI is InChI=1S/C17H35N3O2S/c1-5-18-16(19-9-6-10-22-13-15(2)3)20-14-17(23-4)7-11-21-12-8-17/h15H,5-14H2,1-4H3,(H2,18,19,20). The fourth-order valence-electron chi connectivity index (χ4n) is 2.44. The third-order valence-corrected chi connectivity index (χ3v) is 5.32. The average Bonchev–Trinajstić information content (AvgIpc) is 2.56. The Kier molecular flexibility index (Phi) is 10.7.